The van der Waals surface area contributed by atoms with Crippen molar-refractivity contribution in [3.05, 3.63) is 22.7 Å². The molecular formula is C8H11N5S. The Balaban J connectivity index is 2.10. The second-order valence-electron chi connectivity index (χ2n) is 2.91. The van der Waals surface area contributed by atoms with E-state index < -0.39 is 0 Å². The van der Waals surface area contributed by atoms with E-state index in [0.717, 1.165) is 23.8 Å². The number of H-pyrrole nitrogens is 1. The quantitative estimate of drug-likeness (QED) is 0.790. The van der Waals surface area contributed by atoms with Gasteiger partial charge in [0, 0.05) is 11.8 Å². The number of aromatic nitrogens is 4. The Kier molecular flexibility index (Phi) is 2.45. The van der Waals surface area contributed by atoms with Crippen molar-refractivity contribution < 1.29 is 0 Å². The molecule has 2 heterocycles. The van der Waals surface area contributed by atoms with Gasteiger partial charge in [-0.1, -0.05) is 6.92 Å². The molecule has 0 aliphatic carbocycles. The first-order valence-corrected chi connectivity index (χ1v) is 5.26. The third-order valence-corrected chi connectivity index (χ3v) is 2.54. The van der Waals surface area contributed by atoms with Crippen molar-refractivity contribution in [2.75, 3.05) is 5.73 Å². The van der Waals surface area contributed by atoms with Gasteiger partial charge in [-0.15, -0.1) is 11.3 Å². The Morgan fingerprint density at radius 3 is 2.93 bits per heavy atom. The number of aromatic amines is 1. The number of anilines is 1. The summed E-state index contributed by atoms with van der Waals surface area (Å²) in [7, 11) is 0. The summed E-state index contributed by atoms with van der Waals surface area (Å²) in [5, 5.41) is 9.45. The van der Waals surface area contributed by atoms with Crippen LogP contribution in [0.4, 0.5) is 5.13 Å². The summed E-state index contributed by atoms with van der Waals surface area (Å²) in [6, 6.07) is 0. The van der Waals surface area contributed by atoms with E-state index in [0.29, 0.717) is 11.6 Å². The topological polar surface area (TPSA) is 80.5 Å². The standard InChI is InChI=1S/C8H11N5S/c1-2-6-11-7(13-12-6)3-5-4-14-8(9)10-5/h4H,2-3H2,1H3,(H2,9,10)(H,11,12,13). The normalized spacial score (nSPS) is 10.6. The molecule has 0 radical (unpaired) electrons. The number of thiazole rings is 1. The predicted octanol–water partition coefficient (Wildman–Crippen LogP) is 0.997. The Bertz CT molecular complexity index is 419. The summed E-state index contributed by atoms with van der Waals surface area (Å²) in [5.74, 6) is 1.68. The lowest BCUT2D eigenvalue weighted by Gasteiger charge is -1.89. The average molecular weight is 209 g/mol. The monoisotopic (exact) mass is 209 g/mol. The van der Waals surface area contributed by atoms with E-state index in [9.17, 15) is 0 Å². The highest BCUT2D eigenvalue weighted by atomic mass is 32.1. The van der Waals surface area contributed by atoms with Crippen LogP contribution in [0, 0.1) is 0 Å². The molecule has 0 unspecified atom stereocenters. The van der Waals surface area contributed by atoms with Crippen LogP contribution in [0.5, 0.6) is 0 Å². The molecule has 0 saturated heterocycles. The maximum absolute atomic E-state index is 5.52. The van der Waals surface area contributed by atoms with Gasteiger partial charge in [0.15, 0.2) is 5.13 Å². The summed E-state index contributed by atoms with van der Waals surface area (Å²) in [4.78, 5) is 8.44. The molecule has 0 atom stereocenters. The molecule has 0 aliphatic heterocycles. The molecule has 0 spiro atoms. The average Bonchev–Trinajstić information content (AvgIpc) is 2.76. The summed E-state index contributed by atoms with van der Waals surface area (Å²) < 4.78 is 0. The number of hydrogen-bond donors (Lipinski definition) is 2. The molecule has 0 aromatic carbocycles. The predicted molar refractivity (Wildman–Crippen MR) is 55.1 cm³/mol. The molecule has 74 valence electrons. The van der Waals surface area contributed by atoms with Gasteiger partial charge in [0.2, 0.25) is 0 Å². The number of nitrogens with one attached hydrogen (secondary N) is 1. The SMILES string of the molecule is CCc1n[nH]c(Cc2csc(N)n2)n1. The fourth-order valence-electron chi connectivity index (χ4n) is 1.15. The van der Waals surface area contributed by atoms with Gasteiger partial charge in [0.1, 0.15) is 11.6 Å². The lowest BCUT2D eigenvalue weighted by atomic mass is 10.3. The zero-order chi connectivity index (χ0) is 9.97. The number of rotatable bonds is 3. The van der Waals surface area contributed by atoms with Crippen LogP contribution in [0.15, 0.2) is 5.38 Å². The summed E-state index contributed by atoms with van der Waals surface area (Å²) in [5.41, 5.74) is 6.46. The van der Waals surface area contributed by atoms with E-state index in [-0.39, 0.29) is 0 Å². The van der Waals surface area contributed by atoms with Crippen molar-refractivity contribution in [1.82, 2.24) is 20.2 Å². The smallest absolute Gasteiger partial charge is 0.180 e. The number of nitrogens with two attached hydrogens (primary N) is 1. The third kappa shape index (κ3) is 1.90. The van der Waals surface area contributed by atoms with Gasteiger partial charge < -0.3 is 5.73 Å². The lowest BCUT2D eigenvalue weighted by molar-refractivity contribution is 0.938. The second-order valence-corrected chi connectivity index (χ2v) is 3.80. The van der Waals surface area contributed by atoms with Crippen molar-refractivity contribution >= 4 is 16.5 Å². The number of hydrogen-bond acceptors (Lipinski definition) is 5. The molecule has 2 aromatic heterocycles. The lowest BCUT2D eigenvalue weighted by Crippen LogP contribution is -1.92. The van der Waals surface area contributed by atoms with Crippen molar-refractivity contribution in [2.24, 2.45) is 0 Å². The Hall–Kier alpha value is -1.43. The van der Waals surface area contributed by atoms with Crippen LogP contribution in [0.1, 0.15) is 24.3 Å². The summed E-state index contributed by atoms with van der Waals surface area (Å²) in [6.45, 7) is 2.02. The molecule has 2 rings (SSSR count). The second kappa shape index (κ2) is 3.75. The maximum Gasteiger partial charge on any atom is 0.180 e. The van der Waals surface area contributed by atoms with E-state index in [4.69, 9.17) is 5.73 Å². The van der Waals surface area contributed by atoms with Crippen LogP contribution in [0.2, 0.25) is 0 Å². The fraction of sp³-hybridized carbons (Fsp3) is 0.375. The van der Waals surface area contributed by atoms with Crippen LogP contribution in [0.3, 0.4) is 0 Å². The molecule has 0 aliphatic rings. The molecule has 0 amide bonds. The minimum atomic E-state index is 0.593. The molecule has 6 heteroatoms. The fourth-order valence-corrected chi connectivity index (χ4v) is 1.71. The first-order valence-electron chi connectivity index (χ1n) is 4.38. The number of aryl methyl sites for hydroxylation is 1. The van der Waals surface area contributed by atoms with Gasteiger partial charge in [0.25, 0.3) is 0 Å². The van der Waals surface area contributed by atoms with Crippen molar-refractivity contribution in [3.8, 4) is 0 Å². The van der Waals surface area contributed by atoms with Gasteiger partial charge in [0.05, 0.1) is 12.1 Å². The molecule has 0 fully saturated rings. The largest absolute Gasteiger partial charge is 0.375 e. The highest BCUT2D eigenvalue weighted by Gasteiger charge is 2.04. The number of nitrogens with zero attached hydrogens (tertiary/aromatic N) is 3. The minimum absolute atomic E-state index is 0.593. The van der Waals surface area contributed by atoms with Crippen LogP contribution in [-0.2, 0) is 12.8 Å². The van der Waals surface area contributed by atoms with Crippen LogP contribution >= 0.6 is 11.3 Å². The third-order valence-electron chi connectivity index (χ3n) is 1.81. The summed E-state index contributed by atoms with van der Waals surface area (Å²) in [6.07, 6.45) is 1.51. The highest BCUT2D eigenvalue weighted by molar-refractivity contribution is 7.13. The Labute approximate surface area is 85.4 Å². The molecular weight excluding hydrogens is 198 g/mol. The van der Waals surface area contributed by atoms with Crippen molar-refractivity contribution in [1.29, 1.82) is 0 Å². The van der Waals surface area contributed by atoms with E-state index in [1.807, 2.05) is 12.3 Å². The first kappa shape index (κ1) is 9.14. The molecule has 3 N–H and O–H groups in total. The van der Waals surface area contributed by atoms with Crippen LogP contribution < -0.4 is 5.73 Å². The van der Waals surface area contributed by atoms with Gasteiger partial charge in [-0.05, 0) is 0 Å². The number of nitrogen functional groups attached to an aromatic ring is 1. The van der Waals surface area contributed by atoms with E-state index >= 15 is 0 Å². The molecule has 14 heavy (non-hydrogen) atoms. The molecule has 0 bridgehead atoms. The van der Waals surface area contributed by atoms with Gasteiger partial charge in [-0.3, -0.25) is 5.10 Å². The van der Waals surface area contributed by atoms with Gasteiger partial charge in [-0.25, -0.2) is 9.97 Å². The molecule has 5 nitrogen and oxygen atoms in total. The van der Waals surface area contributed by atoms with Gasteiger partial charge in [-0.2, -0.15) is 5.10 Å². The van der Waals surface area contributed by atoms with Crippen molar-refractivity contribution in [2.45, 2.75) is 19.8 Å². The maximum atomic E-state index is 5.52. The minimum Gasteiger partial charge on any atom is -0.375 e. The Morgan fingerprint density at radius 1 is 1.50 bits per heavy atom. The molecule has 0 saturated carbocycles. The van der Waals surface area contributed by atoms with E-state index in [1.54, 1.807) is 0 Å². The van der Waals surface area contributed by atoms with Gasteiger partial charge >= 0.3 is 0 Å². The summed E-state index contributed by atoms with van der Waals surface area (Å²) >= 11 is 1.44. The van der Waals surface area contributed by atoms with Crippen LogP contribution in [0.25, 0.3) is 0 Å². The van der Waals surface area contributed by atoms with E-state index in [1.165, 1.54) is 11.3 Å². The van der Waals surface area contributed by atoms with Crippen LogP contribution in [-0.4, -0.2) is 20.2 Å². The Morgan fingerprint density at radius 2 is 2.36 bits per heavy atom. The van der Waals surface area contributed by atoms with E-state index in [2.05, 4.69) is 20.2 Å². The van der Waals surface area contributed by atoms with Crippen molar-refractivity contribution in [3.63, 3.8) is 0 Å². The first-order chi connectivity index (χ1) is 6.78. The zero-order valence-electron chi connectivity index (χ0n) is 7.82. The zero-order valence-corrected chi connectivity index (χ0v) is 8.64. The molecule has 2 aromatic rings. The highest BCUT2D eigenvalue weighted by Crippen LogP contribution is 2.13.